The summed E-state index contributed by atoms with van der Waals surface area (Å²) < 4.78 is 41.9. The highest BCUT2D eigenvalue weighted by atomic mass is 19.4. The first-order chi connectivity index (χ1) is 9.43. The number of halogens is 3. The number of methoxy groups -OCH3 is 1. The van der Waals surface area contributed by atoms with Crippen LogP contribution in [0.4, 0.5) is 13.2 Å². The number of hydrogen-bond acceptors (Lipinski definition) is 2. The summed E-state index contributed by atoms with van der Waals surface area (Å²) in [6.07, 6.45) is -0.890. The van der Waals surface area contributed by atoms with Gasteiger partial charge in [0.1, 0.15) is 0 Å². The van der Waals surface area contributed by atoms with Crippen LogP contribution < -0.4 is 5.32 Å². The Balaban J connectivity index is 2.47. The van der Waals surface area contributed by atoms with Crippen molar-refractivity contribution >= 4 is 12.0 Å². The molecular weight excluding hydrogens is 271 g/mol. The molecule has 0 spiro atoms. The van der Waals surface area contributed by atoms with Gasteiger partial charge in [-0.1, -0.05) is 12.1 Å². The number of hydrogen-bond donors (Lipinski definition) is 1. The van der Waals surface area contributed by atoms with Gasteiger partial charge >= 0.3 is 6.18 Å². The second kappa shape index (κ2) is 7.69. The average Bonchev–Trinajstić information content (AvgIpc) is 2.41. The van der Waals surface area contributed by atoms with Crippen LogP contribution in [0.1, 0.15) is 17.5 Å². The van der Waals surface area contributed by atoms with Crippen LogP contribution in [0.25, 0.3) is 6.08 Å². The van der Waals surface area contributed by atoms with Gasteiger partial charge in [0.15, 0.2) is 0 Å². The van der Waals surface area contributed by atoms with Crippen molar-refractivity contribution in [2.45, 2.75) is 12.6 Å². The van der Waals surface area contributed by atoms with Crippen LogP contribution in [0.3, 0.4) is 0 Å². The largest absolute Gasteiger partial charge is 0.416 e. The fraction of sp³-hybridized carbons (Fsp3) is 0.357. The number of nitrogens with one attached hydrogen (secondary N) is 1. The van der Waals surface area contributed by atoms with Crippen molar-refractivity contribution in [3.8, 4) is 0 Å². The van der Waals surface area contributed by atoms with Crippen molar-refractivity contribution in [1.29, 1.82) is 0 Å². The van der Waals surface area contributed by atoms with Crippen molar-refractivity contribution in [2.24, 2.45) is 0 Å². The molecule has 1 rings (SSSR count). The maximum atomic E-state index is 12.3. The van der Waals surface area contributed by atoms with Gasteiger partial charge in [0.25, 0.3) is 0 Å². The highest BCUT2D eigenvalue weighted by molar-refractivity contribution is 5.91. The van der Waals surface area contributed by atoms with Crippen LogP contribution >= 0.6 is 0 Å². The summed E-state index contributed by atoms with van der Waals surface area (Å²) in [4.78, 5) is 11.4. The van der Waals surface area contributed by atoms with E-state index in [1.54, 1.807) is 7.11 Å². The maximum Gasteiger partial charge on any atom is 0.416 e. The van der Waals surface area contributed by atoms with Crippen LogP contribution in [0.5, 0.6) is 0 Å². The zero-order valence-corrected chi connectivity index (χ0v) is 11.0. The topological polar surface area (TPSA) is 38.3 Å². The van der Waals surface area contributed by atoms with Gasteiger partial charge in [-0.15, -0.1) is 0 Å². The molecular formula is C14H16F3NO2. The third-order valence-electron chi connectivity index (χ3n) is 2.49. The third kappa shape index (κ3) is 5.88. The van der Waals surface area contributed by atoms with Crippen molar-refractivity contribution in [3.63, 3.8) is 0 Å². The molecule has 0 aromatic heterocycles. The van der Waals surface area contributed by atoms with E-state index in [1.807, 2.05) is 0 Å². The van der Waals surface area contributed by atoms with Crippen LogP contribution in [0.2, 0.25) is 0 Å². The van der Waals surface area contributed by atoms with E-state index in [-0.39, 0.29) is 5.91 Å². The van der Waals surface area contributed by atoms with Gasteiger partial charge in [-0.25, -0.2) is 0 Å². The molecule has 0 radical (unpaired) electrons. The summed E-state index contributed by atoms with van der Waals surface area (Å²) in [6.45, 7) is 1.05. The van der Waals surface area contributed by atoms with E-state index >= 15 is 0 Å². The van der Waals surface area contributed by atoms with Gasteiger partial charge in [0.05, 0.1) is 5.56 Å². The Bertz CT molecular complexity index is 452. The van der Waals surface area contributed by atoms with E-state index in [9.17, 15) is 18.0 Å². The predicted octanol–water partition coefficient (Wildman–Crippen LogP) is 2.87. The lowest BCUT2D eigenvalue weighted by Gasteiger charge is -2.06. The molecule has 0 aliphatic rings. The minimum absolute atomic E-state index is 0.291. The summed E-state index contributed by atoms with van der Waals surface area (Å²) in [5.74, 6) is -0.291. The van der Waals surface area contributed by atoms with Crippen LogP contribution in [-0.2, 0) is 15.7 Å². The molecule has 1 aromatic rings. The number of amides is 1. The van der Waals surface area contributed by atoms with Crippen molar-refractivity contribution < 1.29 is 22.7 Å². The fourth-order valence-corrected chi connectivity index (χ4v) is 1.44. The molecule has 0 aliphatic heterocycles. The van der Waals surface area contributed by atoms with E-state index in [4.69, 9.17) is 4.74 Å². The molecule has 0 saturated heterocycles. The summed E-state index contributed by atoms with van der Waals surface area (Å²) in [5.41, 5.74) is -0.177. The van der Waals surface area contributed by atoms with Crippen LogP contribution in [0, 0.1) is 0 Å². The highest BCUT2D eigenvalue weighted by Gasteiger charge is 2.29. The van der Waals surface area contributed by atoms with E-state index in [1.165, 1.54) is 24.3 Å². The predicted molar refractivity (Wildman–Crippen MR) is 70.0 cm³/mol. The number of ether oxygens (including phenoxy) is 1. The minimum Gasteiger partial charge on any atom is -0.385 e. The molecule has 0 fully saturated rings. The Kier molecular flexibility index (Phi) is 6.24. The number of alkyl halides is 3. The average molecular weight is 287 g/mol. The molecule has 110 valence electrons. The van der Waals surface area contributed by atoms with Gasteiger partial charge in [-0.3, -0.25) is 4.79 Å². The minimum atomic E-state index is -4.35. The summed E-state index contributed by atoms with van der Waals surface area (Å²) in [7, 11) is 1.58. The third-order valence-corrected chi connectivity index (χ3v) is 2.49. The van der Waals surface area contributed by atoms with E-state index in [0.717, 1.165) is 12.1 Å². The molecule has 0 bridgehead atoms. The summed E-state index contributed by atoms with van der Waals surface area (Å²) >= 11 is 0. The Morgan fingerprint density at radius 2 is 1.95 bits per heavy atom. The monoisotopic (exact) mass is 287 g/mol. The number of rotatable bonds is 6. The smallest absolute Gasteiger partial charge is 0.385 e. The molecule has 1 amide bonds. The number of carbonyl (C=O) groups is 1. The maximum absolute atomic E-state index is 12.3. The zero-order chi connectivity index (χ0) is 15.0. The molecule has 0 aliphatic carbocycles. The van der Waals surface area contributed by atoms with Gasteiger partial charge < -0.3 is 10.1 Å². The molecule has 0 heterocycles. The first-order valence-corrected chi connectivity index (χ1v) is 6.05. The number of carbonyl (C=O) groups excluding carboxylic acids is 1. The van der Waals surface area contributed by atoms with Gasteiger partial charge in [-0.05, 0) is 30.2 Å². The van der Waals surface area contributed by atoms with E-state index in [0.29, 0.717) is 25.1 Å². The van der Waals surface area contributed by atoms with Crippen molar-refractivity contribution in [1.82, 2.24) is 5.32 Å². The molecule has 6 heteroatoms. The van der Waals surface area contributed by atoms with Gasteiger partial charge in [0.2, 0.25) is 5.91 Å². The van der Waals surface area contributed by atoms with Crippen LogP contribution in [-0.4, -0.2) is 26.2 Å². The van der Waals surface area contributed by atoms with Crippen molar-refractivity contribution in [3.05, 3.63) is 41.5 Å². The second-order valence-electron chi connectivity index (χ2n) is 4.09. The number of benzene rings is 1. The molecule has 20 heavy (non-hydrogen) atoms. The Hall–Kier alpha value is -1.82. The second-order valence-corrected chi connectivity index (χ2v) is 4.09. The molecule has 3 nitrogen and oxygen atoms in total. The summed E-state index contributed by atoms with van der Waals surface area (Å²) in [5, 5.41) is 2.64. The Morgan fingerprint density at radius 3 is 2.50 bits per heavy atom. The van der Waals surface area contributed by atoms with Gasteiger partial charge in [-0.2, -0.15) is 13.2 Å². The molecule has 0 unspecified atom stereocenters. The molecule has 0 saturated carbocycles. The lowest BCUT2D eigenvalue weighted by Crippen LogP contribution is -2.22. The zero-order valence-electron chi connectivity index (χ0n) is 11.0. The van der Waals surface area contributed by atoms with Gasteiger partial charge in [0, 0.05) is 26.3 Å². The Morgan fingerprint density at radius 1 is 1.30 bits per heavy atom. The Labute approximate surface area is 115 Å². The fourth-order valence-electron chi connectivity index (χ4n) is 1.44. The first kappa shape index (κ1) is 16.2. The van der Waals surface area contributed by atoms with E-state index in [2.05, 4.69) is 5.32 Å². The SMILES string of the molecule is COCCCNC(=O)C=Cc1ccc(C(F)(F)F)cc1. The summed E-state index contributed by atoms with van der Waals surface area (Å²) in [6, 6.07) is 4.60. The molecule has 1 N–H and O–H groups in total. The molecule has 1 aromatic carbocycles. The van der Waals surface area contributed by atoms with Crippen molar-refractivity contribution in [2.75, 3.05) is 20.3 Å². The standard InChI is InChI=1S/C14H16F3NO2/c1-20-10-2-9-18-13(19)8-5-11-3-6-12(7-4-11)14(15,16)17/h3-8H,2,9-10H2,1H3,(H,18,19). The lowest BCUT2D eigenvalue weighted by atomic mass is 10.1. The molecule has 0 atom stereocenters. The normalized spacial score (nSPS) is 11.8. The highest BCUT2D eigenvalue weighted by Crippen LogP contribution is 2.29. The van der Waals surface area contributed by atoms with E-state index < -0.39 is 11.7 Å². The van der Waals surface area contributed by atoms with Crippen LogP contribution in [0.15, 0.2) is 30.3 Å². The quantitative estimate of drug-likeness (QED) is 0.645. The first-order valence-electron chi connectivity index (χ1n) is 6.05. The lowest BCUT2D eigenvalue weighted by molar-refractivity contribution is -0.137.